The lowest BCUT2D eigenvalue weighted by molar-refractivity contribution is -0.120. The monoisotopic (exact) mass is 268 g/mol. The van der Waals surface area contributed by atoms with E-state index in [1.165, 1.54) is 6.07 Å². The Morgan fingerprint density at radius 1 is 1.50 bits per heavy atom. The topological polar surface area (TPSA) is 41.5 Å². The van der Waals surface area contributed by atoms with Crippen LogP contribution in [0.4, 0.5) is 4.39 Å². The Kier molecular flexibility index (Phi) is 3.66. The molecule has 1 unspecified atom stereocenters. The van der Waals surface area contributed by atoms with E-state index in [-0.39, 0.29) is 29.3 Å². The normalized spacial score (nSPS) is 19.1. The molecule has 0 aliphatic carbocycles. The average Bonchev–Trinajstić information content (AvgIpc) is 2.66. The molecule has 3 nitrogen and oxygen atoms in total. The molecule has 96 valence electrons. The zero-order chi connectivity index (χ0) is 13.3. The predicted molar refractivity (Wildman–Crippen MR) is 69.3 cm³/mol. The molecule has 0 radical (unpaired) electrons. The fourth-order valence-corrected chi connectivity index (χ4v) is 2.08. The summed E-state index contributed by atoms with van der Waals surface area (Å²) in [4.78, 5) is 15.9. The Balaban J connectivity index is 2.18. The van der Waals surface area contributed by atoms with E-state index in [0.29, 0.717) is 11.4 Å². The quantitative estimate of drug-likeness (QED) is 0.899. The van der Waals surface area contributed by atoms with Gasteiger partial charge in [-0.1, -0.05) is 37.6 Å². The molecule has 5 heteroatoms. The molecule has 0 fully saturated rings. The Labute approximate surface area is 110 Å². The van der Waals surface area contributed by atoms with E-state index in [1.54, 1.807) is 12.1 Å². The van der Waals surface area contributed by atoms with Crippen LogP contribution in [-0.4, -0.2) is 17.8 Å². The molecule has 0 saturated heterocycles. The van der Waals surface area contributed by atoms with Gasteiger partial charge in [0.05, 0.1) is 5.02 Å². The molecule has 0 aromatic heterocycles. The molecular weight excluding hydrogens is 255 g/mol. The van der Waals surface area contributed by atoms with Crippen molar-refractivity contribution in [3.8, 4) is 0 Å². The summed E-state index contributed by atoms with van der Waals surface area (Å²) >= 11 is 5.70. The second kappa shape index (κ2) is 5.06. The van der Waals surface area contributed by atoms with E-state index in [0.717, 1.165) is 0 Å². The van der Waals surface area contributed by atoms with Gasteiger partial charge >= 0.3 is 0 Å². The van der Waals surface area contributed by atoms with Crippen LogP contribution < -0.4 is 5.32 Å². The third-order valence-electron chi connectivity index (χ3n) is 2.85. The summed E-state index contributed by atoms with van der Waals surface area (Å²) in [5.74, 6) is 0.0538. The van der Waals surface area contributed by atoms with Crippen molar-refractivity contribution in [1.29, 1.82) is 0 Å². The third-order valence-corrected chi connectivity index (χ3v) is 3.14. The van der Waals surface area contributed by atoms with E-state index in [1.807, 2.05) is 13.8 Å². The van der Waals surface area contributed by atoms with Gasteiger partial charge < -0.3 is 5.32 Å². The van der Waals surface area contributed by atoms with Crippen molar-refractivity contribution >= 4 is 23.3 Å². The summed E-state index contributed by atoms with van der Waals surface area (Å²) in [7, 11) is 0. The van der Waals surface area contributed by atoms with E-state index in [9.17, 15) is 9.18 Å². The van der Waals surface area contributed by atoms with Gasteiger partial charge in [0.15, 0.2) is 0 Å². The number of nitrogens with zero attached hydrogens (tertiary/aromatic N) is 1. The fraction of sp³-hybridized carbons (Fsp3) is 0.385. The number of rotatable bonds is 3. The lowest BCUT2D eigenvalue weighted by Gasteiger charge is -2.06. The summed E-state index contributed by atoms with van der Waals surface area (Å²) in [5.41, 5.74) is 0.436. The first-order valence-corrected chi connectivity index (χ1v) is 6.17. The van der Waals surface area contributed by atoms with Crippen molar-refractivity contribution in [2.45, 2.75) is 26.3 Å². The van der Waals surface area contributed by atoms with Gasteiger partial charge in [0.25, 0.3) is 0 Å². The molecule has 1 aromatic carbocycles. The second-order valence-corrected chi connectivity index (χ2v) is 5.05. The zero-order valence-electron chi connectivity index (χ0n) is 10.2. The van der Waals surface area contributed by atoms with E-state index < -0.39 is 5.82 Å². The van der Waals surface area contributed by atoms with E-state index in [4.69, 9.17) is 11.6 Å². The van der Waals surface area contributed by atoms with Crippen molar-refractivity contribution in [3.63, 3.8) is 0 Å². The van der Waals surface area contributed by atoms with Crippen LogP contribution in [0.1, 0.15) is 19.4 Å². The second-order valence-electron chi connectivity index (χ2n) is 4.64. The molecule has 0 bridgehead atoms. The van der Waals surface area contributed by atoms with Gasteiger partial charge in [0.2, 0.25) is 5.91 Å². The highest BCUT2D eigenvalue weighted by Gasteiger charge is 2.29. The van der Waals surface area contributed by atoms with Gasteiger partial charge in [-0.05, 0) is 17.5 Å². The first-order chi connectivity index (χ1) is 8.49. The van der Waals surface area contributed by atoms with Crippen LogP contribution in [0.2, 0.25) is 5.02 Å². The van der Waals surface area contributed by atoms with Gasteiger partial charge in [0.1, 0.15) is 17.7 Å². The minimum Gasteiger partial charge on any atom is -0.312 e. The first kappa shape index (κ1) is 13.0. The minimum absolute atomic E-state index is 0.0813. The Bertz CT molecular complexity index is 514. The number of hydrogen-bond acceptors (Lipinski definition) is 2. The number of amidine groups is 1. The number of carbonyl (C=O) groups is 1. The van der Waals surface area contributed by atoms with Gasteiger partial charge in [-0.25, -0.2) is 4.39 Å². The molecule has 1 atom stereocenters. The van der Waals surface area contributed by atoms with Gasteiger partial charge in [-0.15, -0.1) is 0 Å². The molecule has 1 amide bonds. The smallest absolute Gasteiger partial charge is 0.250 e. The Hall–Kier alpha value is -1.42. The van der Waals surface area contributed by atoms with Crippen molar-refractivity contribution in [1.82, 2.24) is 5.32 Å². The molecule has 1 aliphatic rings. The Morgan fingerprint density at radius 3 is 2.83 bits per heavy atom. The van der Waals surface area contributed by atoms with Gasteiger partial charge in [-0.2, -0.15) is 0 Å². The Morgan fingerprint density at radius 2 is 2.22 bits per heavy atom. The number of halogens is 2. The average molecular weight is 269 g/mol. The molecular formula is C13H14ClFN2O. The van der Waals surface area contributed by atoms with Crippen molar-refractivity contribution in [2.75, 3.05) is 0 Å². The molecule has 1 N–H and O–H groups in total. The molecule has 2 rings (SSSR count). The van der Waals surface area contributed by atoms with Crippen LogP contribution in [0.25, 0.3) is 0 Å². The van der Waals surface area contributed by atoms with Crippen molar-refractivity contribution in [2.24, 2.45) is 10.9 Å². The zero-order valence-corrected chi connectivity index (χ0v) is 11.0. The number of nitrogens with one attached hydrogen (secondary N) is 1. The van der Waals surface area contributed by atoms with Crippen LogP contribution >= 0.6 is 11.6 Å². The molecule has 1 aliphatic heterocycles. The number of aliphatic imine (C=N–C) groups is 1. The van der Waals surface area contributed by atoms with Crippen LogP contribution in [0, 0.1) is 11.7 Å². The standard InChI is InChI=1S/C13H14ClFN2O/c1-7(2)12-13(18)17-10(16-12)6-8-4-3-5-9(14)11(8)15/h3-5,7,12H,6H2,1-2H3,(H,16,17,18). The van der Waals surface area contributed by atoms with Crippen LogP contribution in [0.3, 0.4) is 0 Å². The predicted octanol–water partition coefficient (Wildman–Crippen LogP) is 2.57. The lowest BCUT2D eigenvalue weighted by Crippen LogP contribution is -2.31. The van der Waals surface area contributed by atoms with E-state index >= 15 is 0 Å². The van der Waals surface area contributed by atoms with Crippen molar-refractivity contribution < 1.29 is 9.18 Å². The van der Waals surface area contributed by atoms with Crippen LogP contribution in [-0.2, 0) is 11.2 Å². The number of hydrogen-bond donors (Lipinski definition) is 1. The molecule has 0 saturated carbocycles. The maximum atomic E-state index is 13.7. The fourth-order valence-electron chi connectivity index (χ4n) is 1.88. The highest BCUT2D eigenvalue weighted by atomic mass is 35.5. The summed E-state index contributed by atoms with van der Waals surface area (Å²) in [6, 6.07) is 4.44. The highest BCUT2D eigenvalue weighted by Crippen LogP contribution is 2.20. The van der Waals surface area contributed by atoms with Gasteiger partial charge in [0, 0.05) is 6.42 Å². The molecule has 18 heavy (non-hydrogen) atoms. The van der Waals surface area contributed by atoms with E-state index in [2.05, 4.69) is 10.3 Å². The number of carbonyl (C=O) groups excluding carboxylic acids is 1. The maximum absolute atomic E-state index is 13.7. The minimum atomic E-state index is -0.455. The molecule has 0 spiro atoms. The number of amides is 1. The van der Waals surface area contributed by atoms with Crippen LogP contribution in [0.5, 0.6) is 0 Å². The highest BCUT2D eigenvalue weighted by molar-refractivity contribution is 6.30. The number of benzene rings is 1. The largest absolute Gasteiger partial charge is 0.312 e. The lowest BCUT2D eigenvalue weighted by atomic mass is 10.1. The van der Waals surface area contributed by atoms with Crippen molar-refractivity contribution in [3.05, 3.63) is 34.6 Å². The van der Waals surface area contributed by atoms with Gasteiger partial charge in [-0.3, -0.25) is 9.79 Å². The summed E-state index contributed by atoms with van der Waals surface area (Å²) in [6.45, 7) is 3.85. The SMILES string of the molecule is CC(C)C1N=C(Cc2cccc(Cl)c2F)NC1=O. The first-order valence-electron chi connectivity index (χ1n) is 5.79. The third kappa shape index (κ3) is 2.53. The summed E-state index contributed by atoms with van der Waals surface area (Å²) in [6.07, 6.45) is 0.251. The summed E-state index contributed by atoms with van der Waals surface area (Å²) < 4.78 is 13.7. The van der Waals surface area contributed by atoms with Crippen LogP contribution in [0.15, 0.2) is 23.2 Å². The molecule has 1 aromatic rings. The summed E-state index contributed by atoms with van der Waals surface area (Å²) in [5, 5.41) is 2.76. The molecule has 1 heterocycles. The maximum Gasteiger partial charge on any atom is 0.250 e.